The summed E-state index contributed by atoms with van der Waals surface area (Å²) in [6, 6.07) is 87.0. The van der Waals surface area contributed by atoms with Gasteiger partial charge in [0, 0.05) is 49.9 Å². The first-order valence-corrected chi connectivity index (χ1v) is 21.5. The molecule has 12 rings (SSSR count). The predicted octanol–water partition coefficient (Wildman–Crippen LogP) is 16.8. The second kappa shape index (κ2) is 15.3. The van der Waals surface area contributed by atoms with Gasteiger partial charge in [0.25, 0.3) is 0 Å². The van der Waals surface area contributed by atoms with Gasteiger partial charge in [0.1, 0.15) is 11.2 Å². The van der Waals surface area contributed by atoms with Crippen molar-refractivity contribution in [3.8, 4) is 50.2 Å². The van der Waals surface area contributed by atoms with Gasteiger partial charge in [-0.2, -0.15) is 0 Å². The topological polar surface area (TPSA) is 21.3 Å². The third-order valence-corrected chi connectivity index (χ3v) is 12.4. The van der Waals surface area contributed by atoms with Crippen LogP contribution < -0.4 is 4.90 Å². The highest BCUT2D eigenvalue weighted by molar-refractivity contribution is 6.14. The van der Waals surface area contributed by atoms with Crippen LogP contribution >= 0.6 is 0 Å². The van der Waals surface area contributed by atoms with Gasteiger partial charge < -0.3 is 13.9 Å². The number of anilines is 3. The maximum Gasteiger partial charge on any atom is 0.143 e. The first kappa shape index (κ1) is 36.5. The maximum atomic E-state index is 6.71. The molecule has 0 aliphatic carbocycles. The van der Waals surface area contributed by atoms with Gasteiger partial charge in [-0.1, -0.05) is 158 Å². The third kappa shape index (κ3) is 6.46. The maximum absolute atomic E-state index is 6.71. The molecule has 0 amide bonds. The normalized spacial score (nSPS) is 11.5. The molecule has 2 aromatic heterocycles. The van der Waals surface area contributed by atoms with Gasteiger partial charge in [0.15, 0.2) is 0 Å². The summed E-state index contributed by atoms with van der Waals surface area (Å²) in [6.07, 6.45) is 0. The number of hydrogen-bond donors (Lipinski definition) is 0. The minimum atomic E-state index is 0.884. The lowest BCUT2D eigenvalue weighted by molar-refractivity contribution is 0.670. The summed E-state index contributed by atoms with van der Waals surface area (Å²) in [7, 11) is 0. The zero-order valence-corrected chi connectivity index (χ0v) is 34.4. The smallest absolute Gasteiger partial charge is 0.143 e. The van der Waals surface area contributed by atoms with E-state index in [1.165, 1.54) is 44.1 Å². The van der Waals surface area contributed by atoms with E-state index in [0.29, 0.717) is 0 Å². The Bertz CT molecular complexity index is 3490. The van der Waals surface area contributed by atoms with E-state index in [1.807, 2.05) is 6.07 Å². The number of para-hydroxylation sites is 3. The molecule has 63 heavy (non-hydrogen) atoms. The van der Waals surface area contributed by atoms with E-state index in [0.717, 1.165) is 66.9 Å². The van der Waals surface area contributed by atoms with Crippen LogP contribution in [0.3, 0.4) is 0 Å². The molecule has 0 saturated carbocycles. The fourth-order valence-electron chi connectivity index (χ4n) is 9.32. The Labute approximate surface area is 366 Å². The Morgan fingerprint density at radius 2 is 0.746 bits per heavy atom. The highest BCUT2D eigenvalue weighted by atomic mass is 16.3. The van der Waals surface area contributed by atoms with E-state index in [9.17, 15) is 0 Å². The van der Waals surface area contributed by atoms with Gasteiger partial charge in [-0.15, -0.1) is 0 Å². The van der Waals surface area contributed by atoms with Crippen LogP contribution in [-0.4, -0.2) is 4.57 Å². The molecule has 0 spiro atoms. The van der Waals surface area contributed by atoms with Gasteiger partial charge in [-0.3, -0.25) is 0 Å². The fraction of sp³-hybridized carbons (Fsp3) is 0. The Morgan fingerprint density at radius 1 is 0.302 bits per heavy atom. The molecule has 0 radical (unpaired) electrons. The van der Waals surface area contributed by atoms with Crippen molar-refractivity contribution >= 4 is 60.8 Å². The standard InChI is InChI=1S/C60H40N2O/c1-4-14-41(15-5-1)43-24-31-49(32-25-43)61(50-33-26-44(27-34-50)42-16-6-2-7-17-42)51-35-28-45(29-36-51)47-39-54(60-56(40-47)53-21-11-13-23-59(53)63-60)46-30-37-58-55(38-46)52-20-10-12-22-57(52)62(58)48-18-8-3-9-19-48/h1-40H. The van der Waals surface area contributed by atoms with Gasteiger partial charge >= 0.3 is 0 Å². The van der Waals surface area contributed by atoms with Gasteiger partial charge in [-0.05, 0) is 124 Å². The molecule has 296 valence electrons. The molecule has 12 aromatic rings. The lowest BCUT2D eigenvalue weighted by atomic mass is 9.94. The average molecular weight is 805 g/mol. The van der Waals surface area contributed by atoms with Crippen molar-refractivity contribution in [3.63, 3.8) is 0 Å². The SMILES string of the molecule is c1ccc(-c2ccc(N(c3ccc(-c4ccccc4)cc3)c3ccc(-c4cc(-c5ccc6c(c5)c5ccccc5n6-c5ccccc5)c5oc6ccccc6c5c4)cc3)cc2)cc1. The van der Waals surface area contributed by atoms with Crippen molar-refractivity contribution in [2.75, 3.05) is 4.90 Å². The fourth-order valence-corrected chi connectivity index (χ4v) is 9.32. The number of nitrogens with zero attached hydrogens (tertiary/aromatic N) is 2. The van der Waals surface area contributed by atoms with Crippen molar-refractivity contribution in [2.24, 2.45) is 0 Å². The number of furan rings is 1. The van der Waals surface area contributed by atoms with Crippen molar-refractivity contribution in [3.05, 3.63) is 243 Å². The molecular formula is C60H40N2O. The Hall–Kier alpha value is -8.40. The summed E-state index contributed by atoms with van der Waals surface area (Å²) in [4.78, 5) is 2.34. The molecule has 0 unspecified atom stereocenters. The average Bonchev–Trinajstić information content (AvgIpc) is 3.91. The number of benzene rings is 10. The molecule has 0 bridgehead atoms. The van der Waals surface area contributed by atoms with Crippen LogP contribution in [0.5, 0.6) is 0 Å². The Morgan fingerprint density at radius 3 is 1.35 bits per heavy atom. The summed E-state index contributed by atoms with van der Waals surface area (Å²) < 4.78 is 9.08. The van der Waals surface area contributed by atoms with E-state index in [-0.39, 0.29) is 0 Å². The second-order valence-corrected chi connectivity index (χ2v) is 16.1. The monoisotopic (exact) mass is 804 g/mol. The quantitative estimate of drug-likeness (QED) is 0.153. The Kier molecular flexibility index (Phi) is 8.83. The van der Waals surface area contributed by atoms with Crippen molar-refractivity contribution in [2.45, 2.75) is 0 Å². The first-order valence-electron chi connectivity index (χ1n) is 21.5. The molecule has 0 atom stereocenters. The zero-order chi connectivity index (χ0) is 41.7. The van der Waals surface area contributed by atoms with E-state index in [2.05, 4.69) is 246 Å². The Balaban J connectivity index is 0.976. The second-order valence-electron chi connectivity index (χ2n) is 16.1. The number of fused-ring (bicyclic) bond motifs is 6. The van der Waals surface area contributed by atoms with Crippen LogP contribution in [0.4, 0.5) is 17.1 Å². The highest BCUT2D eigenvalue weighted by Gasteiger charge is 2.19. The lowest BCUT2D eigenvalue weighted by Gasteiger charge is -2.26. The van der Waals surface area contributed by atoms with Crippen molar-refractivity contribution in [1.29, 1.82) is 0 Å². The first-order chi connectivity index (χ1) is 31.2. The largest absolute Gasteiger partial charge is 0.455 e. The molecule has 0 N–H and O–H groups in total. The van der Waals surface area contributed by atoms with Gasteiger partial charge in [0.05, 0.1) is 11.0 Å². The van der Waals surface area contributed by atoms with Crippen LogP contribution in [0.1, 0.15) is 0 Å². The molecule has 10 aromatic carbocycles. The molecule has 3 nitrogen and oxygen atoms in total. The lowest BCUT2D eigenvalue weighted by Crippen LogP contribution is -2.09. The number of rotatable bonds is 8. The molecule has 0 fully saturated rings. The molecular weight excluding hydrogens is 765 g/mol. The van der Waals surface area contributed by atoms with Crippen LogP contribution in [0.25, 0.3) is 93.9 Å². The van der Waals surface area contributed by atoms with E-state index < -0.39 is 0 Å². The molecule has 3 heteroatoms. The number of hydrogen-bond acceptors (Lipinski definition) is 2. The summed E-state index contributed by atoms with van der Waals surface area (Å²) in [5.41, 5.74) is 17.8. The van der Waals surface area contributed by atoms with E-state index in [4.69, 9.17) is 4.42 Å². The predicted molar refractivity (Wildman–Crippen MR) is 264 cm³/mol. The van der Waals surface area contributed by atoms with E-state index >= 15 is 0 Å². The van der Waals surface area contributed by atoms with Crippen LogP contribution in [0.15, 0.2) is 247 Å². The molecule has 2 heterocycles. The molecule has 0 aliphatic rings. The van der Waals surface area contributed by atoms with Gasteiger partial charge in [0.2, 0.25) is 0 Å². The minimum absolute atomic E-state index is 0.884. The van der Waals surface area contributed by atoms with Crippen molar-refractivity contribution < 1.29 is 4.42 Å². The van der Waals surface area contributed by atoms with Crippen LogP contribution in [0, 0.1) is 0 Å². The molecule has 0 saturated heterocycles. The summed E-state index contributed by atoms with van der Waals surface area (Å²) in [5.74, 6) is 0. The minimum Gasteiger partial charge on any atom is -0.455 e. The summed E-state index contributed by atoms with van der Waals surface area (Å²) >= 11 is 0. The third-order valence-electron chi connectivity index (χ3n) is 12.4. The molecule has 0 aliphatic heterocycles. The van der Waals surface area contributed by atoms with E-state index in [1.54, 1.807) is 0 Å². The van der Waals surface area contributed by atoms with Crippen molar-refractivity contribution in [1.82, 2.24) is 4.57 Å². The van der Waals surface area contributed by atoms with Crippen LogP contribution in [-0.2, 0) is 0 Å². The summed E-state index contributed by atoms with van der Waals surface area (Å²) in [5, 5.41) is 4.64. The number of aromatic nitrogens is 1. The van der Waals surface area contributed by atoms with Gasteiger partial charge in [-0.25, -0.2) is 0 Å². The van der Waals surface area contributed by atoms with Crippen LogP contribution in [0.2, 0.25) is 0 Å². The summed E-state index contributed by atoms with van der Waals surface area (Å²) in [6.45, 7) is 0. The zero-order valence-electron chi connectivity index (χ0n) is 34.4. The highest BCUT2D eigenvalue weighted by Crippen LogP contribution is 2.43.